The van der Waals surface area contributed by atoms with Gasteiger partial charge in [0.1, 0.15) is 0 Å². The Morgan fingerprint density at radius 3 is 2.50 bits per heavy atom. The fraction of sp³-hybridized carbons (Fsp3) is 0.100. The maximum atomic E-state index is 10.6. The second kappa shape index (κ2) is 4.34. The van der Waals surface area contributed by atoms with Gasteiger partial charge in [0.05, 0.1) is 0 Å². The molecule has 0 fully saturated rings. The van der Waals surface area contributed by atoms with Gasteiger partial charge in [-0.1, -0.05) is 24.3 Å². The number of nitrogens with zero attached hydrogens (tertiary/aromatic N) is 1. The van der Waals surface area contributed by atoms with Crippen molar-refractivity contribution in [2.24, 2.45) is 0 Å². The van der Waals surface area contributed by atoms with Gasteiger partial charge in [-0.3, -0.25) is 4.79 Å². The average Bonchev–Trinajstić information content (AvgIpc) is 2.15. The lowest BCUT2D eigenvalue weighted by atomic mass is 10.4. The first-order valence-electron chi connectivity index (χ1n) is 3.76. The van der Waals surface area contributed by atoms with E-state index in [1.54, 1.807) is 11.0 Å². The Balaban J connectivity index is 2.79. The van der Waals surface area contributed by atoms with Crippen LogP contribution in [-0.2, 0) is 4.79 Å². The van der Waals surface area contributed by atoms with E-state index in [1.807, 2.05) is 30.3 Å². The standard InChI is InChI=1S/C10H11NO/c1-2-8-11(9-12)10-6-4-3-5-7-10/h2-7,9H,1,8H2/i10+1. The topological polar surface area (TPSA) is 20.3 Å². The van der Waals surface area contributed by atoms with Crippen molar-refractivity contribution < 1.29 is 4.79 Å². The first kappa shape index (κ1) is 8.53. The summed E-state index contributed by atoms with van der Waals surface area (Å²) in [6.07, 6.45) is 2.50. The van der Waals surface area contributed by atoms with Gasteiger partial charge in [0.15, 0.2) is 0 Å². The van der Waals surface area contributed by atoms with Crippen molar-refractivity contribution in [1.29, 1.82) is 0 Å². The number of hydrogen-bond donors (Lipinski definition) is 0. The van der Waals surface area contributed by atoms with Crippen molar-refractivity contribution in [2.75, 3.05) is 11.4 Å². The highest BCUT2D eigenvalue weighted by Crippen LogP contribution is 2.10. The molecule has 1 aromatic rings. The van der Waals surface area contributed by atoms with Crippen LogP contribution in [0.25, 0.3) is 0 Å². The zero-order valence-corrected chi connectivity index (χ0v) is 6.81. The highest BCUT2D eigenvalue weighted by Gasteiger charge is 1.99. The number of carbonyl (C=O) groups is 1. The van der Waals surface area contributed by atoms with E-state index in [4.69, 9.17) is 0 Å². The summed E-state index contributed by atoms with van der Waals surface area (Å²) < 4.78 is 0. The monoisotopic (exact) mass is 162 g/mol. The maximum Gasteiger partial charge on any atom is 0.214 e. The summed E-state index contributed by atoms with van der Waals surface area (Å²) in [5.41, 5.74) is 0.896. The molecular formula is C10H11NO. The van der Waals surface area contributed by atoms with Crippen molar-refractivity contribution in [1.82, 2.24) is 0 Å². The fourth-order valence-electron chi connectivity index (χ4n) is 0.968. The van der Waals surface area contributed by atoms with Crippen LogP contribution < -0.4 is 4.90 Å². The molecule has 0 bridgehead atoms. The van der Waals surface area contributed by atoms with Crippen molar-refractivity contribution in [3.63, 3.8) is 0 Å². The van der Waals surface area contributed by atoms with Crippen LogP contribution in [0, 0.1) is 0 Å². The van der Waals surface area contributed by atoms with Gasteiger partial charge in [0, 0.05) is 12.2 Å². The van der Waals surface area contributed by atoms with Gasteiger partial charge in [-0.2, -0.15) is 0 Å². The fourth-order valence-corrected chi connectivity index (χ4v) is 0.968. The predicted octanol–water partition coefficient (Wildman–Crippen LogP) is 1.84. The van der Waals surface area contributed by atoms with E-state index < -0.39 is 0 Å². The molecule has 0 aromatic heterocycles. The quantitative estimate of drug-likeness (QED) is 0.488. The summed E-state index contributed by atoms with van der Waals surface area (Å²) in [5.74, 6) is 0. The van der Waals surface area contributed by atoms with Crippen molar-refractivity contribution >= 4 is 12.1 Å². The summed E-state index contributed by atoms with van der Waals surface area (Å²) in [5, 5.41) is 0. The van der Waals surface area contributed by atoms with E-state index in [-0.39, 0.29) is 0 Å². The SMILES string of the molecule is C=CCN(C=O)[13c]1ccccc1. The van der Waals surface area contributed by atoms with Gasteiger partial charge in [0.2, 0.25) is 6.41 Å². The molecule has 0 aliphatic carbocycles. The van der Waals surface area contributed by atoms with Crippen LogP contribution in [0.1, 0.15) is 0 Å². The zero-order chi connectivity index (χ0) is 8.81. The Bertz CT molecular complexity index is 256. The Kier molecular flexibility index (Phi) is 3.08. The summed E-state index contributed by atoms with van der Waals surface area (Å²) >= 11 is 0. The van der Waals surface area contributed by atoms with Crippen LogP contribution in [0.2, 0.25) is 0 Å². The van der Waals surface area contributed by atoms with Crippen molar-refractivity contribution in [3.05, 3.63) is 43.0 Å². The molecule has 0 radical (unpaired) electrons. The average molecular weight is 162 g/mol. The normalized spacial score (nSPS) is 9.00. The minimum Gasteiger partial charge on any atom is -0.311 e. The molecule has 1 aromatic carbocycles. The van der Waals surface area contributed by atoms with E-state index in [0.29, 0.717) is 6.54 Å². The minimum absolute atomic E-state index is 0.549. The van der Waals surface area contributed by atoms with Crippen LogP contribution in [-0.4, -0.2) is 13.0 Å². The largest absolute Gasteiger partial charge is 0.311 e. The van der Waals surface area contributed by atoms with E-state index in [1.165, 1.54) is 0 Å². The van der Waals surface area contributed by atoms with Crippen LogP contribution in [0.5, 0.6) is 0 Å². The minimum atomic E-state index is 0.549. The first-order valence-corrected chi connectivity index (χ1v) is 3.76. The Morgan fingerprint density at radius 2 is 2.00 bits per heavy atom. The highest BCUT2D eigenvalue weighted by molar-refractivity contribution is 5.75. The number of amides is 1. The zero-order valence-electron chi connectivity index (χ0n) is 6.81. The van der Waals surface area contributed by atoms with Crippen LogP contribution >= 0.6 is 0 Å². The van der Waals surface area contributed by atoms with E-state index in [2.05, 4.69) is 6.58 Å². The molecular weight excluding hydrogens is 151 g/mol. The lowest BCUT2D eigenvalue weighted by Gasteiger charge is -2.14. The van der Waals surface area contributed by atoms with Gasteiger partial charge in [-0.15, -0.1) is 6.58 Å². The Hall–Kier alpha value is -1.57. The van der Waals surface area contributed by atoms with Crippen LogP contribution in [0.3, 0.4) is 0 Å². The highest BCUT2D eigenvalue weighted by atomic mass is 16.1. The summed E-state index contributed by atoms with van der Waals surface area (Å²) in [6, 6.07) is 9.49. The molecule has 2 heteroatoms. The van der Waals surface area contributed by atoms with Gasteiger partial charge < -0.3 is 4.90 Å². The number of hydrogen-bond acceptors (Lipinski definition) is 1. The first-order chi connectivity index (χ1) is 5.88. The van der Waals surface area contributed by atoms with E-state index >= 15 is 0 Å². The molecule has 0 N–H and O–H groups in total. The third kappa shape index (κ3) is 1.95. The summed E-state index contributed by atoms with van der Waals surface area (Å²) in [6.45, 7) is 4.12. The molecule has 62 valence electrons. The number of benzene rings is 1. The second-order valence-corrected chi connectivity index (χ2v) is 2.38. The van der Waals surface area contributed by atoms with Crippen LogP contribution in [0.4, 0.5) is 5.69 Å². The molecule has 1 amide bonds. The molecule has 0 atom stereocenters. The molecule has 1 rings (SSSR count). The van der Waals surface area contributed by atoms with E-state index in [0.717, 1.165) is 12.1 Å². The van der Waals surface area contributed by atoms with Gasteiger partial charge >= 0.3 is 0 Å². The second-order valence-electron chi connectivity index (χ2n) is 2.38. The smallest absolute Gasteiger partial charge is 0.214 e. The Labute approximate surface area is 72.1 Å². The molecule has 0 unspecified atom stereocenters. The molecule has 12 heavy (non-hydrogen) atoms. The van der Waals surface area contributed by atoms with Crippen molar-refractivity contribution in [2.45, 2.75) is 0 Å². The molecule has 2 nitrogen and oxygen atoms in total. The molecule has 0 saturated carbocycles. The van der Waals surface area contributed by atoms with Crippen molar-refractivity contribution in [3.8, 4) is 0 Å². The number of carbonyl (C=O) groups excluding carboxylic acids is 1. The molecule has 0 aliphatic heterocycles. The third-order valence-corrected chi connectivity index (χ3v) is 1.54. The summed E-state index contributed by atoms with van der Waals surface area (Å²) in [7, 11) is 0. The number of rotatable bonds is 4. The van der Waals surface area contributed by atoms with Gasteiger partial charge in [-0.05, 0) is 12.1 Å². The van der Waals surface area contributed by atoms with Gasteiger partial charge in [-0.25, -0.2) is 0 Å². The molecule has 0 heterocycles. The van der Waals surface area contributed by atoms with Gasteiger partial charge in [0.25, 0.3) is 0 Å². The molecule has 0 saturated heterocycles. The number of para-hydroxylation sites is 1. The number of anilines is 1. The molecule has 0 aliphatic rings. The molecule has 0 spiro atoms. The predicted molar refractivity (Wildman–Crippen MR) is 50.0 cm³/mol. The third-order valence-electron chi connectivity index (χ3n) is 1.54. The maximum absolute atomic E-state index is 10.6. The lowest BCUT2D eigenvalue weighted by molar-refractivity contribution is -0.107. The summed E-state index contributed by atoms with van der Waals surface area (Å²) in [4.78, 5) is 12.2. The Morgan fingerprint density at radius 1 is 1.33 bits per heavy atom. The van der Waals surface area contributed by atoms with E-state index in [9.17, 15) is 4.79 Å². The van der Waals surface area contributed by atoms with Crippen LogP contribution in [0.15, 0.2) is 43.0 Å². The lowest BCUT2D eigenvalue weighted by Crippen LogP contribution is -2.20.